The summed E-state index contributed by atoms with van der Waals surface area (Å²) >= 11 is 0. The van der Waals surface area contributed by atoms with E-state index in [-0.39, 0.29) is 23.5 Å². The number of nitro groups is 1. The Balaban J connectivity index is 1.89. The Kier molecular flexibility index (Phi) is 11.0. The van der Waals surface area contributed by atoms with Crippen LogP contribution < -0.4 is 0 Å². The molecule has 11 nitrogen and oxygen atoms in total. The summed E-state index contributed by atoms with van der Waals surface area (Å²) in [5.41, 5.74) is -0.109. The normalized spacial score (nSPS) is 19.9. The fourth-order valence-electron chi connectivity index (χ4n) is 5.30. The number of carbonyl (C=O) groups is 2. The molecule has 3 rings (SSSR count). The first-order valence-electron chi connectivity index (χ1n) is 13.9. The highest BCUT2D eigenvalue weighted by Crippen LogP contribution is 2.44. The monoisotopic (exact) mass is 644 g/mol. The van der Waals surface area contributed by atoms with Crippen LogP contribution in [0.4, 0.5) is 23.7 Å². The summed E-state index contributed by atoms with van der Waals surface area (Å²) in [7, 11) is -4.99. The molecule has 1 unspecified atom stereocenters. The minimum atomic E-state index is -5.27. The number of hydrogen-bond acceptors (Lipinski definition) is 9. The molecule has 2 aromatic carbocycles. The number of non-ortho nitro benzene ring substituents is 1. The summed E-state index contributed by atoms with van der Waals surface area (Å²) < 4.78 is 83.6. The molecule has 1 aliphatic carbocycles. The maximum Gasteiger partial charge on any atom is 0.435 e. The van der Waals surface area contributed by atoms with Gasteiger partial charge in [-0.05, 0) is 48.8 Å². The first kappa shape index (κ1) is 34.8. The molecule has 0 saturated heterocycles. The van der Waals surface area contributed by atoms with E-state index in [1.54, 1.807) is 0 Å². The van der Waals surface area contributed by atoms with Crippen molar-refractivity contribution in [3.63, 3.8) is 0 Å². The third kappa shape index (κ3) is 8.46. The summed E-state index contributed by atoms with van der Waals surface area (Å²) in [4.78, 5) is 35.2. The average Bonchev–Trinajstić information content (AvgIpc) is 2.95. The van der Waals surface area contributed by atoms with Gasteiger partial charge in [0.25, 0.3) is 5.69 Å². The van der Waals surface area contributed by atoms with Gasteiger partial charge in [-0.1, -0.05) is 57.5 Å². The van der Waals surface area contributed by atoms with Crippen molar-refractivity contribution in [3.05, 3.63) is 70.3 Å². The fourth-order valence-corrected chi connectivity index (χ4v) is 6.22. The number of nitrogens with zero attached hydrogens (tertiary/aromatic N) is 2. The first-order chi connectivity index (χ1) is 20.5. The van der Waals surface area contributed by atoms with Gasteiger partial charge in [-0.3, -0.25) is 14.9 Å². The van der Waals surface area contributed by atoms with Gasteiger partial charge >= 0.3 is 28.4 Å². The highest BCUT2D eigenvalue weighted by atomic mass is 32.2. The molecule has 15 heteroatoms. The molecule has 1 aliphatic rings. The Hall–Kier alpha value is -3.72. The second-order valence-corrected chi connectivity index (χ2v) is 12.8. The van der Waals surface area contributed by atoms with Crippen LogP contribution in [0.1, 0.15) is 52.5 Å². The van der Waals surface area contributed by atoms with Crippen LogP contribution in [0.5, 0.6) is 0 Å². The van der Waals surface area contributed by atoms with E-state index in [9.17, 15) is 41.3 Å². The Labute approximate surface area is 253 Å². The van der Waals surface area contributed by atoms with Crippen LogP contribution in [0, 0.1) is 27.9 Å². The number of benzene rings is 2. The van der Waals surface area contributed by atoms with Gasteiger partial charge in [0.15, 0.2) is 5.92 Å². The van der Waals surface area contributed by atoms with Gasteiger partial charge in [0.1, 0.15) is 6.10 Å². The lowest BCUT2D eigenvalue weighted by molar-refractivity contribution is -0.384. The SMILES string of the molecule is CCOC(=O)N(CC(C(=O)O[C@@H]1C[C@H](C)CC[C@H]1C(C)(C)c1ccccc1)C(F)(F)F)OS(=O)(=O)c1ccc([N+](=O)[O-])cc1. The molecule has 0 radical (unpaired) electrons. The maximum atomic E-state index is 14.3. The molecule has 0 aromatic heterocycles. The molecule has 44 heavy (non-hydrogen) atoms. The van der Waals surface area contributed by atoms with Crippen LogP contribution in [0.3, 0.4) is 0 Å². The molecule has 0 spiro atoms. The minimum Gasteiger partial charge on any atom is -0.462 e. The number of carbonyl (C=O) groups excluding carboxylic acids is 2. The summed E-state index contributed by atoms with van der Waals surface area (Å²) in [6.07, 6.45) is -6.09. The summed E-state index contributed by atoms with van der Waals surface area (Å²) in [6.45, 7) is 5.16. The van der Waals surface area contributed by atoms with E-state index in [2.05, 4.69) is 0 Å². The van der Waals surface area contributed by atoms with Crippen LogP contribution in [-0.4, -0.2) is 55.9 Å². The summed E-state index contributed by atoms with van der Waals surface area (Å²) in [6, 6.07) is 12.6. The molecule has 2 aromatic rings. The van der Waals surface area contributed by atoms with Crippen molar-refractivity contribution in [2.75, 3.05) is 13.2 Å². The van der Waals surface area contributed by atoms with E-state index >= 15 is 0 Å². The van der Waals surface area contributed by atoms with E-state index in [1.807, 2.05) is 51.1 Å². The van der Waals surface area contributed by atoms with Crippen molar-refractivity contribution >= 4 is 27.9 Å². The Bertz CT molecular complexity index is 1420. The lowest BCUT2D eigenvalue weighted by Crippen LogP contribution is -2.48. The Morgan fingerprint density at radius 1 is 1.07 bits per heavy atom. The number of nitro benzene ring substituents is 1. The van der Waals surface area contributed by atoms with Gasteiger partial charge in [0.05, 0.1) is 23.0 Å². The van der Waals surface area contributed by atoms with Crippen LogP contribution in [0.25, 0.3) is 0 Å². The van der Waals surface area contributed by atoms with Crippen LogP contribution >= 0.6 is 0 Å². The fraction of sp³-hybridized carbons (Fsp3) is 0.517. The molecule has 0 heterocycles. The van der Waals surface area contributed by atoms with Gasteiger partial charge in [0.2, 0.25) is 0 Å². The predicted molar refractivity (Wildman–Crippen MR) is 150 cm³/mol. The molecule has 0 N–H and O–H groups in total. The van der Waals surface area contributed by atoms with Crippen LogP contribution in [0.2, 0.25) is 0 Å². The van der Waals surface area contributed by atoms with E-state index < -0.39 is 67.8 Å². The standard InChI is InChI=1S/C29H35F3N2O9S/c1-5-41-27(36)33(43-44(39,40)22-14-12-21(13-15-22)34(37)38)18-24(29(30,31)32)26(35)42-25-17-19(2)11-16-23(25)28(3,4)20-9-7-6-8-10-20/h6-10,12-15,19,23-25H,5,11,16-18H2,1-4H3/t19-,23-,24?,25-/m1/s1. The van der Waals surface area contributed by atoms with Gasteiger partial charge in [-0.25, -0.2) is 4.79 Å². The van der Waals surface area contributed by atoms with Gasteiger partial charge in [-0.15, -0.1) is 4.28 Å². The molecule has 1 fully saturated rings. The van der Waals surface area contributed by atoms with Crippen LogP contribution in [-0.2, 0) is 34.1 Å². The summed E-state index contributed by atoms with van der Waals surface area (Å²) in [5.74, 6) is -4.96. The number of ether oxygens (including phenoxy) is 2. The number of alkyl halides is 3. The first-order valence-corrected chi connectivity index (χ1v) is 15.3. The maximum absolute atomic E-state index is 14.3. The number of hydrogen-bond donors (Lipinski definition) is 0. The number of esters is 1. The number of hydroxylamine groups is 2. The van der Waals surface area contributed by atoms with Crippen molar-refractivity contribution in [1.29, 1.82) is 0 Å². The molecule has 4 atom stereocenters. The van der Waals surface area contributed by atoms with Crippen molar-refractivity contribution in [3.8, 4) is 0 Å². The van der Waals surface area contributed by atoms with Crippen LogP contribution in [0.15, 0.2) is 59.5 Å². The number of amides is 1. The molecule has 0 bridgehead atoms. The molecular weight excluding hydrogens is 609 g/mol. The molecular formula is C29H35F3N2O9S. The number of rotatable bonds is 11. The largest absolute Gasteiger partial charge is 0.462 e. The van der Waals surface area contributed by atoms with Gasteiger partial charge in [-0.2, -0.15) is 26.7 Å². The van der Waals surface area contributed by atoms with E-state index in [1.165, 1.54) is 6.92 Å². The van der Waals surface area contributed by atoms with Crippen molar-refractivity contribution < 1.29 is 49.9 Å². The molecule has 242 valence electrons. The highest BCUT2D eigenvalue weighted by Gasteiger charge is 2.51. The van der Waals surface area contributed by atoms with Crippen molar-refractivity contribution in [2.24, 2.45) is 17.8 Å². The third-order valence-electron chi connectivity index (χ3n) is 7.79. The van der Waals surface area contributed by atoms with Gasteiger partial charge in [0, 0.05) is 18.1 Å². The molecule has 1 amide bonds. The second kappa shape index (κ2) is 13.9. The quantitative estimate of drug-likeness (QED) is 0.159. The van der Waals surface area contributed by atoms with E-state index in [4.69, 9.17) is 13.8 Å². The Morgan fingerprint density at radius 3 is 2.23 bits per heavy atom. The lowest BCUT2D eigenvalue weighted by atomic mass is 9.64. The average molecular weight is 645 g/mol. The smallest absolute Gasteiger partial charge is 0.435 e. The molecule has 0 aliphatic heterocycles. The highest BCUT2D eigenvalue weighted by molar-refractivity contribution is 7.86. The van der Waals surface area contributed by atoms with Crippen molar-refractivity contribution in [2.45, 2.75) is 69.5 Å². The molecule has 1 saturated carbocycles. The zero-order valence-electron chi connectivity index (χ0n) is 24.7. The summed E-state index contributed by atoms with van der Waals surface area (Å²) in [5, 5.41) is 10.7. The van der Waals surface area contributed by atoms with Crippen molar-refractivity contribution in [1.82, 2.24) is 5.06 Å². The second-order valence-electron chi connectivity index (χ2n) is 11.2. The topological polar surface area (TPSA) is 142 Å². The zero-order valence-corrected chi connectivity index (χ0v) is 25.5. The predicted octanol–water partition coefficient (Wildman–Crippen LogP) is 6.18. The number of halogens is 3. The lowest BCUT2D eigenvalue weighted by Gasteiger charge is -2.44. The Morgan fingerprint density at radius 2 is 1.68 bits per heavy atom. The van der Waals surface area contributed by atoms with Gasteiger partial charge < -0.3 is 9.47 Å². The third-order valence-corrected chi connectivity index (χ3v) is 9.02. The zero-order chi connectivity index (χ0) is 32.9. The van der Waals surface area contributed by atoms with E-state index in [0.29, 0.717) is 12.8 Å². The minimum absolute atomic E-state index is 0.0613. The van der Waals surface area contributed by atoms with E-state index in [0.717, 1.165) is 36.2 Å².